The van der Waals surface area contributed by atoms with Crippen LogP contribution in [0, 0.1) is 5.41 Å². The third-order valence-corrected chi connectivity index (χ3v) is 12.0. The summed E-state index contributed by atoms with van der Waals surface area (Å²) in [4.78, 5) is 87.9. The van der Waals surface area contributed by atoms with Crippen LogP contribution in [0.3, 0.4) is 0 Å². The minimum absolute atomic E-state index is 0.0214. The monoisotopic (exact) mass is 902 g/mol. The van der Waals surface area contributed by atoms with E-state index in [1.807, 2.05) is 0 Å². The molecule has 13 N–H and O–H groups in total. The van der Waals surface area contributed by atoms with E-state index in [1.54, 1.807) is 0 Å². The van der Waals surface area contributed by atoms with Gasteiger partial charge in [0.2, 0.25) is 16.9 Å². The molecule has 2 amide bonds. The third kappa shape index (κ3) is 12.9. The van der Waals surface area contributed by atoms with Gasteiger partial charge in [-0.15, -0.1) is 0 Å². The number of nitrogens with two attached hydrogens (primary N) is 2. The summed E-state index contributed by atoms with van der Waals surface area (Å²) in [7, 11) is -16.4. The normalized spacial score (nSPS) is 21.2. The second-order valence-electron chi connectivity index (χ2n) is 13.0. The van der Waals surface area contributed by atoms with Crippen molar-refractivity contribution in [1.29, 1.82) is 0 Å². The van der Waals surface area contributed by atoms with Gasteiger partial charge >= 0.3 is 23.5 Å². The van der Waals surface area contributed by atoms with Crippen molar-refractivity contribution in [3.63, 3.8) is 0 Å². The number of aromatic nitrogens is 4. The molecule has 30 heteroatoms. The van der Waals surface area contributed by atoms with Gasteiger partial charge in [0.15, 0.2) is 17.7 Å². The topological polar surface area (TPSA) is 410 Å². The molecular weight excluding hydrogens is 861 g/mol. The molecule has 0 radical (unpaired) electrons. The molecule has 7 atom stereocenters. The Bertz CT molecular complexity index is 2120. The van der Waals surface area contributed by atoms with E-state index in [2.05, 4.69) is 34.4 Å². The molecule has 1 aromatic carbocycles. The SMILES string of the molecule is CC(C)(COP(=O)(O)OP(=O)(O)OCC1OC(n2cnc3c(N)ncnc32)C(O)C1OP(=O)(O)O)C(O)C(=O)NCCC(=O)NCCSC(=O)c1ccc(N)cc1O. The lowest BCUT2D eigenvalue weighted by atomic mass is 9.87. The summed E-state index contributed by atoms with van der Waals surface area (Å²) in [5, 5.41) is 35.7. The number of nitrogens with one attached hydrogen (secondary N) is 2. The Morgan fingerprint density at radius 1 is 1.03 bits per heavy atom. The summed E-state index contributed by atoms with van der Waals surface area (Å²) in [6.45, 7) is 0.221. The van der Waals surface area contributed by atoms with Crippen molar-refractivity contribution in [3.8, 4) is 5.75 Å². The van der Waals surface area contributed by atoms with E-state index in [4.69, 9.17) is 25.3 Å². The van der Waals surface area contributed by atoms with E-state index in [-0.39, 0.29) is 59.2 Å². The lowest BCUT2D eigenvalue weighted by Gasteiger charge is -2.30. The number of hydrogen-bond donors (Lipinski definition) is 11. The highest BCUT2D eigenvalue weighted by Crippen LogP contribution is 2.61. The first kappa shape index (κ1) is 47.1. The molecule has 0 spiro atoms. The number of phenols is 1. The number of ether oxygens (including phenoxy) is 1. The standard InChI is InChI=1S/C28H41N8O18P3S/c1-28(2,22(40)25(41)32-6-5-18(38)31-7-8-58-27(42)15-4-3-14(29)9-16(15)37)11-51-57(48,49)54-56(46,47)50-10-17-21(53-55(43,44)45)20(39)26(52-17)36-13-35-19-23(30)33-12-34-24(19)36/h3-4,9,12-13,17,20-22,26,37,39-40H,5-8,10-11,29H2,1-2H3,(H,31,38)(H,32,41)(H,46,47)(H,48,49)(H2,30,33,34)(H2,43,44,45). The maximum Gasteiger partial charge on any atom is 0.481 e. The van der Waals surface area contributed by atoms with Crippen molar-refractivity contribution in [3.05, 3.63) is 36.4 Å². The number of phosphoric ester groups is 3. The molecule has 1 saturated heterocycles. The maximum absolute atomic E-state index is 12.7. The minimum atomic E-state index is -5.59. The van der Waals surface area contributed by atoms with E-state index in [0.29, 0.717) is 0 Å². The molecule has 58 heavy (non-hydrogen) atoms. The van der Waals surface area contributed by atoms with E-state index in [9.17, 15) is 63.0 Å². The van der Waals surface area contributed by atoms with Gasteiger partial charge in [0.1, 0.15) is 42.0 Å². The molecule has 0 aliphatic carbocycles. The highest BCUT2D eigenvalue weighted by atomic mass is 32.2. The van der Waals surface area contributed by atoms with E-state index in [1.165, 1.54) is 32.0 Å². The van der Waals surface area contributed by atoms with Crippen LogP contribution in [0.4, 0.5) is 11.5 Å². The smallest absolute Gasteiger partial charge is 0.481 e. The van der Waals surface area contributed by atoms with Crippen LogP contribution < -0.4 is 22.1 Å². The number of anilines is 2. The van der Waals surface area contributed by atoms with Gasteiger partial charge in [-0.1, -0.05) is 25.6 Å². The van der Waals surface area contributed by atoms with Gasteiger partial charge in [0.25, 0.3) is 0 Å². The fourth-order valence-electron chi connectivity index (χ4n) is 5.07. The lowest BCUT2D eigenvalue weighted by molar-refractivity contribution is -0.137. The van der Waals surface area contributed by atoms with Crippen LogP contribution in [0.15, 0.2) is 30.9 Å². The van der Waals surface area contributed by atoms with Gasteiger partial charge in [-0.25, -0.2) is 28.6 Å². The van der Waals surface area contributed by atoms with Gasteiger partial charge in [-0.05, 0) is 12.1 Å². The molecular formula is C28H41N8O18P3S. The van der Waals surface area contributed by atoms with E-state index in [0.717, 1.165) is 29.0 Å². The van der Waals surface area contributed by atoms with Crippen molar-refractivity contribution in [2.45, 2.75) is 50.9 Å². The van der Waals surface area contributed by atoms with Crippen LogP contribution in [-0.4, -0.2) is 128 Å². The minimum Gasteiger partial charge on any atom is -0.507 e. The number of amides is 2. The van der Waals surface area contributed by atoms with E-state index < -0.39 is 89.7 Å². The number of aliphatic hydroxyl groups excluding tert-OH is 2. The van der Waals surface area contributed by atoms with Gasteiger partial charge in [-0.3, -0.25) is 32.5 Å². The third-order valence-electron chi connectivity index (χ3n) is 7.98. The molecule has 1 aliphatic heterocycles. The summed E-state index contributed by atoms with van der Waals surface area (Å²) in [6, 6.07) is 4.05. The van der Waals surface area contributed by atoms with Crippen molar-refractivity contribution >= 4 is 74.8 Å². The Morgan fingerprint density at radius 3 is 2.40 bits per heavy atom. The molecule has 1 aliphatic rings. The largest absolute Gasteiger partial charge is 0.507 e. The Labute approximate surface area is 332 Å². The van der Waals surface area contributed by atoms with Crippen molar-refractivity contribution in [2.75, 3.05) is 43.5 Å². The first-order valence-electron chi connectivity index (χ1n) is 16.5. The fourth-order valence-corrected chi connectivity index (χ4v) is 8.62. The number of carbonyl (C=O) groups excluding carboxylic acids is 3. The Morgan fingerprint density at radius 2 is 1.72 bits per heavy atom. The molecule has 322 valence electrons. The molecule has 7 unspecified atom stereocenters. The zero-order chi connectivity index (χ0) is 43.2. The highest BCUT2D eigenvalue weighted by molar-refractivity contribution is 8.14. The number of carbonyl (C=O) groups is 3. The predicted octanol–water partition coefficient (Wildman–Crippen LogP) is -0.734. The second-order valence-corrected chi connectivity index (χ2v) is 18.3. The predicted molar refractivity (Wildman–Crippen MR) is 199 cm³/mol. The van der Waals surface area contributed by atoms with Crippen LogP contribution in [0.1, 0.15) is 36.9 Å². The quantitative estimate of drug-likeness (QED) is 0.0378. The first-order chi connectivity index (χ1) is 26.9. The summed E-state index contributed by atoms with van der Waals surface area (Å²) in [6.07, 6.45) is -7.08. The Kier molecular flexibility index (Phi) is 15.6. The molecule has 4 rings (SSSR count). The number of phenolic OH excluding ortho intramolecular Hbond substituents is 1. The van der Waals surface area contributed by atoms with Gasteiger partial charge in [0.05, 0.1) is 25.1 Å². The Balaban J connectivity index is 1.22. The zero-order valence-electron chi connectivity index (χ0n) is 30.3. The van der Waals surface area contributed by atoms with Gasteiger partial charge in [-0.2, -0.15) is 4.31 Å². The number of aromatic hydroxyl groups is 1. The average Bonchev–Trinajstić information content (AvgIpc) is 3.68. The van der Waals surface area contributed by atoms with Crippen molar-refractivity contribution in [1.82, 2.24) is 30.2 Å². The number of hydrogen-bond acceptors (Lipinski definition) is 20. The first-order valence-corrected chi connectivity index (χ1v) is 22.0. The van der Waals surface area contributed by atoms with Crippen LogP contribution in [-0.2, 0) is 45.9 Å². The van der Waals surface area contributed by atoms with Crippen molar-refractivity contribution in [2.24, 2.45) is 5.41 Å². The van der Waals surface area contributed by atoms with Crippen LogP contribution in [0.25, 0.3) is 11.2 Å². The number of thioether (sulfide) groups is 1. The number of nitrogen functional groups attached to an aromatic ring is 2. The summed E-state index contributed by atoms with van der Waals surface area (Å²) in [5.41, 5.74) is 10.1. The highest BCUT2D eigenvalue weighted by Gasteiger charge is 2.50. The summed E-state index contributed by atoms with van der Waals surface area (Å²) >= 11 is 0.843. The number of phosphoric acid groups is 3. The molecule has 3 aromatic rings. The zero-order valence-corrected chi connectivity index (χ0v) is 33.8. The number of fused-ring (bicyclic) bond motifs is 1. The Hall–Kier alpha value is -3.62. The van der Waals surface area contributed by atoms with Crippen LogP contribution in [0.5, 0.6) is 5.75 Å². The molecule has 0 bridgehead atoms. The van der Waals surface area contributed by atoms with Crippen molar-refractivity contribution < 1.29 is 85.6 Å². The van der Waals surface area contributed by atoms with E-state index >= 15 is 0 Å². The number of benzene rings is 1. The molecule has 26 nitrogen and oxygen atoms in total. The van der Waals surface area contributed by atoms with Crippen LogP contribution >= 0.6 is 35.2 Å². The number of aliphatic hydroxyl groups is 2. The molecule has 2 aromatic heterocycles. The number of nitrogens with zero attached hydrogens (tertiary/aromatic N) is 4. The number of imidazole rings is 1. The lowest BCUT2D eigenvalue weighted by Crippen LogP contribution is -2.46. The molecule has 3 heterocycles. The maximum atomic E-state index is 12.7. The van der Waals surface area contributed by atoms with Gasteiger partial charge < -0.3 is 61.7 Å². The second kappa shape index (κ2) is 19.2. The summed E-state index contributed by atoms with van der Waals surface area (Å²) in [5.74, 6) is -1.69. The average molecular weight is 903 g/mol. The molecule has 0 saturated carbocycles. The molecule has 1 fully saturated rings. The summed E-state index contributed by atoms with van der Waals surface area (Å²) < 4.78 is 62.1. The number of rotatable bonds is 20. The fraction of sp³-hybridized carbons (Fsp3) is 0.500. The van der Waals surface area contributed by atoms with Crippen LogP contribution in [0.2, 0.25) is 0 Å². The van der Waals surface area contributed by atoms with Gasteiger partial charge in [0, 0.05) is 42.4 Å².